The van der Waals surface area contributed by atoms with Gasteiger partial charge >= 0.3 is 0 Å². The number of benzene rings is 2. The predicted octanol–water partition coefficient (Wildman–Crippen LogP) is 3.47. The summed E-state index contributed by atoms with van der Waals surface area (Å²) >= 11 is 1.51. The summed E-state index contributed by atoms with van der Waals surface area (Å²) in [5.41, 5.74) is 0.901. The van der Waals surface area contributed by atoms with E-state index in [1.165, 1.54) is 11.8 Å². The van der Waals surface area contributed by atoms with Gasteiger partial charge in [0, 0.05) is 5.39 Å². The number of nitrogens with one attached hydrogen (secondary N) is 1. The van der Waals surface area contributed by atoms with Gasteiger partial charge in [0.05, 0.1) is 10.9 Å². The van der Waals surface area contributed by atoms with E-state index >= 15 is 0 Å². The molecule has 1 atom stereocenters. The van der Waals surface area contributed by atoms with Crippen molar-refractivity contribution in [3.05, 3.63) is 42.5 Å². The molecule has 3 rings (SSSR count). The van der Waals surface area contributed by atoms with E-state index in [2.05, 4.69) is 22.4 Å². The Morgan fingerprint density at radius 2 is 2.00 bits per heavy atom. The molecule has 1 amide bonds. The van der Waals surface area contributed by atoms with Gasteiger partial charge in [-0.2, -0.15) is 0 Å². The topological polar surface area (TPSA) is 41.5 Å². The number of amidine groups is 1. The minimum Gasteiger partial charge on any atom is -0.304 e. The van der Waals surface area contributed by atoms with Crippen molar-refractivity contribution in [2.45, 2.75) is 18.6 Å². The molecule has 1 aliphatic heterocycles. The monoisotopic (exact) mass is 270 g/mol. The summed E-state index contributed by atoms with van der Waals surface area (Å²) in [6.07, 6.45) is 0.824. The van der Waals surface area contributed by atoms with Gasteiger partial charge in [-0.1, -0.05) is 55.1 Å². The number of nitrogens with zero attached hydrogens (tertiary/aromatic N) is 1. The van der Waals surface area contributed by atoms with Crippen molar-refractivity contribution < 1.29 is 4.79 Å². The molecule has 1 heterocycles. The smallest absolute Gasteiger partial charge is 0.239 e. The number of amides is 1. The second kappa shape index (κ2) is 5.05. The number of thioether (sulfide) groups is 1. The van der Waals surface area contributed by atoms with Crippen LogP contribution >= 0.6 is 11.8 Å². The first-order chi connectivity index (χ1) is 9.28. The molecule has 0 spiro atoms. The van der Waals surface area contributed by atoms with Crippen molar-refractivity contribution in [1.29, 1.82) is 0 Å². The van der Waals surface area contributed by atoms with Crippen LogP contribution in [0.3, 0.4) is 0 Å². The maximum Gasteiger partial charge on any atom is 0.239 e. The molecule has 0 aliphatic carbocycles. The Kier molecular flexibility index (Phi) is 3.25. The summed E-state index contributed by atoms with van der Waals surface area (Å²) < 4.78 is 0. The normalized spacial score (nSPS) is 21.0. The van der Waals surface area contributed by atoms with Gasteiger partial charge in [0.1, 0.15) is 0 Å². The van der Waals surface area contributed by atoms with Crippen LogP contribution < -0.4 is 5.32 Å². The third kappa shape index (κ3) is 2.36. The molecule has 4 heteroatoms. The van der Waals surface area contributed by atoms with Gasteiger partial charge < -0.3 is 5.32 Å². The first kappa shape index (κ1) is 12.2. The highest BCUT2D eigenvalue weighted by Crippen LogP contribution is 2.29. The van der Waals surface area contributed by atoms with Gasteiger partial charge in [0.2, 0.25) is 5.91 Å². The Bertz CT molecular complexity index is 661. The molecule has 1 N–H and O–H groups in total. The second-order valence-corrected chi connectivity index (χ2v) is 5.61. The van der Waals surface area contributed by atoms with Crippen molar-refractivity contribution in [3.8, 4) is 0 Å². The number of hydrogen-bond donors (Lipinski definition) is 1. The van der Waals surface area contributed by atoms with Crippen LogP contribution in [0.4, 0.5) is 5.69 Å². The van der Waals surface area contributed by atoms with Crippen LogP contribution in [0.15, 0.2) is 47.5 Å². The zero-order valence-corrected chi connectivity index (χ0v) is 11.4. The molecule has 3 nitrogen and oxygen atoms in total. The van der Waals surface area contributed by atoms with Crippen LogP contribution in [0, 0.1) is 0 Å². The van der Waals surface area contributed by atoms with Gasteiger partial charge in [-0.15, -0.1) is 0 Å². The third-order valence-corrected chi connectivity index (χ3v) is 4.38. The molecular formula is C15H14N2OS. The first-order valence-corrected chi connectivity index (χ1v) is 7.20. The van der Waals surface area contributed by atoms with Crippen molar-refractivity contribution in [3.63, 3.8) is 0 Å². The lowest BCUT2D eigenvalue weighted by molar-refractivity contribution is -0.118. The molecule has 0 aromatic heterocycles. The van der Waals surface area contributed by atoms with Crippen molar-refractivity contribution in [1.82, 2.24) is 5.32 Å². The average molecular weight is 270 g/mol. The van der Waals surface area contributed by atoms with E-state index in [1.54, 1.807) is 0 Å². The molecule has 1 saturated heterocycles. The van der Waals surface area contributed by atoms with Gasteiger partial charge in [-0.25, -0.2) is 4.99 Å². The largest absolute Gasteiger partial charge is 0.304 e. The summed E-state index contributed by atoms with van der Waals surface area (Å²) in [7, 11) is 0. The summed E-state index contributed by atoms with van der Waals surface area (Å²) in [5, 5.41) is 5.80. The van der Waals surface area contributed by atoms with E-state index in [0.29, 0.717) is 5.17 Å². The fraction of sp³-hybridized carbons (Fsp3) is 0.200. The minimum atomic E-state index is -0.00581. The quantitative estimate of drug-likeness (QED) is 0.907. The SMILES string of the molecule is CCC1SC(=Nc2cccc3ccccc23)NC1=O. The molecule has 0 bridgehead atoms. The first-order valence-electron chi connectivity index (χ1n) is 6.32. The number of carbonyl (C=O) groups excluding carboxylic acids is 1. The lowest BCUT2D eigenvalue weighted by Crippen LogP contribution is -2.24. The number of rotatable bonds is 2. The Morgan fingerprint density at radius 3 is 2.79 bits per heavy atom. The van der Waals surface area contributed by atoms with Gasteiger partial charge in [0.15, 0.2) is 5.17 Å². The predicted molar refractivity (Wildman–Crippen MR) is 80.9 cm³/mol. The molecular weight excluding hydrogens is 256 g/mol. The standard InChI is InChI=1S/C15H14N2OS/c1-2-13-14(18)17-15(19-13)16-12-9-5-7-10-6-3-4-8-11(10)12/h3-9,13H,2H2,1H3,(H,16,17,18). The van der Waals surface area contributed by atoms with Crippen molar-refractivity contribution in [2.75, 3.05) is 0 Å². The lowest BCUT2D eigenvalue weighted by Gasteiger charge is -2.02. The fourth-order valence-electron chi connectivity index (χ4n) is 2.14. The molecule has 1 unspecified atom stereocenters. The minimum absolute atomic E-state index is 0.00581. The third-order valence-electron chi connectivity index (χ3n) is 3.14. The fourth-order valence-corrected chi connectivity index (χ4v) is 3.05. The van der Waals surface area contributed by atoms with Gasteiger partial charge in [-0.05, 0) is 17.9 Å². The number of aliphatic imine (C=N–C) groups is 1. The highest BCUT2D eigenvalue weighted by molar-refractivity contribution is 8.15. The summed E-state index contributed by atoms with van der Waals surface area (Å²) in [4.78, 5) is 16.2. The van der Waals surface area contributed by atoms with Crippen LogP contribution in [0.1, 0.15) is 13.3 Å². The molecule has 1 aliphatic rings. The van der Waals surface area contributed by atoms with Gasteiger partial charge in [-0.3, -0.25) is 4.79 Å². The van der Waals surface area contributed by atoms with Crippen LogP contribution in [-0.4, -0.2) is 16.3 Å². The Morgan fingerprint density at radius 1 is 1.21 bits per heavy atom. The average Bonchev–Trinajstić information content (AvgIpc) is 2.79. The van der Waals surface area contributed by atoms with Crippen molar-refractivity contribution in [2.24, 2.45) is 4.99 Å². The summed E-state index contributed by atoms with van der Waals surface area (Å²) in [6.45, 7) is 2.01. The number of hydrogen-bond acceptors (Lipinski definition) is 3. The van der Waals surface area contributed by atoms with Crippen LogP contribution in [0.5, 0.6) is 0 Å². The highest BCUT2D eigenvalue weighted by atomic mass is 32.2. The maximum atomic E-state index is 11.7. The maximum absolute atomic E-state index is 11.7. The zero-order chi connectivity index (χ0) is 13.2. The highest BCUT2D eigenvalue weighted by Gasteiger charge is 2.28. The van der Waals surface area contributed by atoms with Crippen LogP contribution in [0.2, 0.25) is 0 Å². The Balaban J connectivity index is 2.00. The lowest BCUT2D eigenvalue weighted by atomic mass is 10.1. The van der Waals surface area contributed by atoms with E-state index in [0.717, 1.165) is 22.9 Å². The number of fused-ring (bicyclic) bond motifs is 1. The molecule has 2 aromatic carbocycles. The summed E-state index contributed by atoms with van der Waals surface area (Å²) in [6, 6.07) is 14.2. The molecule has 96 valence electrons. The van der Waals surface area contributed by atoms with Crippen molar-refractivity contribution >= 4 is 39.3 Å². The molecule has 2 aromatic rings. The Hall–Kier alpha value is -1.81. The van der Waals surface area contributed by atoms with E-state index in [1.807, 2.05) is 37.3 Å². The second-order valence-electron chi connectivity index (χ2n) is 4.42. The Labute approximate surface area is 116 Å². The zero-order valence-electron chi connectivity index (χ0n) is 10.6. The van der Waals surface area contributed by atoms with E-state index in [4.69, 9.17) is 0 Å². The molecule has 19 heavy (non-hydrogen) atoms. The van der Waals surface area contributed by atoms with E-state index in [-0.39, 0.29) is 11.2 Å². The van der Waals surface area contributed by atoms with Crippen LogP contribution in [-0.2, 0) is 4.79 Å². The van der Waals surface area contributed by atoms with E-state index in [9.17, 15) is 4.79 Å². The van der Waals surface area contributed by atoms with Crippen LogP contribution in [0.25, 0.3) is 10.8 Å². The summed E-state index contributed by atoms with van der Waals surface area (Å²) in [5.74, 6) is 0.0616. The van der Waals surface area contributed by atoms with E-state index < -0.39 is 0 Å². The molecule has 0 radical (unpaired) electrons. The molecule has 1 fully saturated rings. The molecule has 0 saturated carbocycles. The van der Waals surface area contributed by atoms with Gasteiger partial charge in [0.25, 0.3) is 0 Å². The number of carbonyl (C=O) groups is 1.